The van der Waals surface area contributed by atoms with Crippen molar-refractivity contribution < 1.29 is 22.4 Å². The molecule has 0 radical (unpaired) electrons. The van der Waals surface area contributed by atoms with Crippen LogP contribution in [-0.2, 0) is 14.6 Å². The minimum Gasteiger partial charge on any atom is -0.457 e. The van der Waals surface area contributed by atoms with E-state index in [0.717, 1.165) is 19.1 Å². The van der Waals surface area contributed by atoms with E-state index in [-0.39, 0.29) is 17.0 Å². The van der Waals surface area contributed by atoms with Crippen molar-refractivity contribution in [3.8, 4) is 0 Å². The quantitative estimate of drug-likeness (QED) is 0.799. The first-order valence-electron chi connectivity index (χ1n) is 6.89. The molecular formula is C14H20O5S. The molecule has 1 atom stereocenters. The molecular weight excluding hydrogens is 280 g/mol. The van der Waals surface area contributed by atoms with Crippen LogP contribution in [0.5, 0.6) is 0 Å². The van der Waals surface area contributed by atoms with Crippen molar-refractivity contribution >= 4 is 15.8 Å². The summed E-state index contributed by atoms with van der Waals surface area (Å²) in [6.45, 7) is 1.88. The number of hydrogen-bond donors (Lipinski definition) is 0. The summed E-state index contributed by atoms with van der Waals surface area (Å²) in [4.78, 5) is 11.9. The zero-order chi connectivity index (χ0) is 14.8. The zero-order valence-corrected chi connectivity index (χ0v) is 12.6. The van der Waals surface area contributed by atoms with Crippen molar-refractivity contribution in [1.29, 1.82) is 0 Å². The molecule has 0 amide bonds. The molecule has 0 spiro atoms. The molecule has 0 saturated heterocycles. The first kappa shape index (κ1) is 15.1. The van der Waals surface area contributed by atoms with Crippen LogP contribution in [0.3, 0.4) is 0 Å². The average Bonchev–Trinajstić information content (AvgIpc) is 2.89. The number of ether oxygens (including phenoxy) is 1. The number of carbonyl (C=O) groups excluding carboxylic acids is 1. The Hall–Kier alpha value is -1.30. The fourth-order valence-corrected chi connectivity index (χ4v) is 3.11. The molecule has 2 rings (SSSR count). The minimum absolute atomic E-state index is 0.0620. The van der Waals surface area contributed by atoms with Gasteiger partial charge >= 0.3 is 5.97 Å². The summed E-state index contributed by atoms with van der Waals surface area (Å²) in [5, 5.41) is -0.213. The van der Waals surface area contributed by atoms with Crippen LogP contribution in [0.1, 0.15) is 49.6 Å². The number of rotatable bonds is 4. The van der Waals surface area contributed by atoms with Crippen molar-refractivity contribution in [2.45, 2.75) is 50.2 Å². The third-order valence-electron chi connectivity index (χ3n) is 3.75. The summed E-state index contributed by atoms with van der Waals surface area (Å²) in [5.74, 6) is -0.275. The lowest BCUT2D eigenvalue weighted by Gasteiger charge is -2.26. The van der Waals surface area contributed by atoms with E-state index in [1.165, 1.54) is 31.4 Å². The molecule has 0 aromatic carbocycles. The highest BCUT2D eigenvalue weighted by molar-refractivity contribution is 7.90. The number of carbonyl (C=O) groups is 1. The van der Waals surface area contributed by atoms with Crippen molar-refractivity contribution in [2.75, 3.05) is 6.26 Å². The van der Waals surface area contributed by atoms with E-state index in [1.807, 2.05) is 6.92 Å². The van der Waals surface area contributed by atoms with Gasteiger partial charge in [0.1, 0.15) is 6.10 Å². The maximum atomic E-state index is 11.9. The highest BCUT2D eigenvalue weighted by Crippen LogP contribution is 2.28. The van der Waals surface area contributed by atoms with Gasteiger partial charge in [0, 0.05) is 6.26 Å². The van der Waals surface area contributed by atoms with Crippen LogP contribution in [0.2, 0.25) is 0 Å². The standard InChI is InChI=1S/C14H20O5S/c1-10(11-6-4-3-5-7-11)18-14(15)12-8-9-13(19-12)20(2,16)17/h8-11H,3-7H2,1-2H3/t10-/m0/s1. The molecule has 0 N–H and O–H groups in total. The highest BCUT2D eigenvalue weighted by atomic mass is 32.2. The monoisotopic (exact) mass is 300 g/mol. The van der Waals surface area contributed by atoms with Crippen LogP contribution in [0.4, 0.5) is 0 Å². The first-order chi connectivity index (χ1) is 9.38. The average molecular weight is 300 g/mol. The van der Waals surface area contributed by atoms with E-state index in [9.17, 15) is 13.2 Å². The number of furan rings is 1. The molecule has 1 heterocycles. The fourth-order valence-electron chi connectivity index (χ4n) is 2.56. The van der Waals surface area contributed by atoms with Crippen LogP contribution in [0.15, 0.2) is 21.6 Å². The number of esters is 1. The summed E-state index contributed by atoms with van der Waals surface area (Å²) >= 11 is 0. The molecule has 6 heteroatoms. The van der Waals surface area contributed by atoms with Gasteiger partial charge in [-0.15, -0.1) is 0 Å². The lowest BCUT2D eigenvalue weighted by atomic mass is 9.86. The largest absolute Gasteiger partial charge is 0.457 e. The predicted molar refractivity (Wildman–Crippen MR) is 73.3 cm³/mol. The van der Waals surface area contributed by atoms with Gasteiger partial charge in [-0.1, -0.05) is 19.3 Å². The van der Waals surface area contributed by atoms with Crippen molar-refractivity contribution in [2.24, 2.45) is 5.92 Å². The third-order valence-corrected chi connectivity index (χ3v) is 4.70. The summed E-state index contributed by atoms with van der Waals surface area (Å²) in [7, 11) is -3.44. The molecule has 1 saturated carbocycles. The Balaban J connectivity index is 1.99. The lowest BCUT2D eigenvalue weighted by Crippen LogP contribution is -2.25. The summed E-state index contributed by atoms with van der Waals surface area (Å²) in [5.41, 5.74) is 0. The van der Waals surface area contributed by atoms with Gasteiger partial charge in [0.25, 0.3) is 0 Å². The molecule has 112 valence electrons. The van der Waals surface area contributed by atoms with Crippen LogP contribution >= 0.6 is 0 Å². The molecule has 1 aliphatic rings. The van der Waals surface area contributed by atoms with Crippen molar-refractivity contribution in [3.05, 3.63) is 17.9 Å². The Morgan fingerprint density at radius 3 is 2.50 bits per heavy atom. The number of hydrogen-bond acceptors (Lipinski definition) is 5. The van der Waals surface area contributed by atoms with Gasteiger partial charge in [0.2, 0.25) is 20.7 Å². The molecule has 1 aliphatic carbocycles. The second kappa shape index (κ2) is 5.99. The summed E-state index contributed by atoms with van der Waals surface area (Å²) < 4.78 is 33.0. The maximum absolute atomic E-state index is 11.9. The predicted octanol–water partition coefficient (Wildman–Crippen LogP) is 2.81. The van der Waals surface area contributed by atoms with Gasteiger partial charge in [-0.2, -0.15) is 0 Å². The van der Waals surface area contributed by atoms with Crippen LogP contribution < -0.4 is 0 Å². The fraction of sp³-hybridized carbons (Fsp3) is 0.643. The molecule has 5 nitrogen and oxygen atoms in total. The maximum Gasteiger partial charge on any atom is 0.374 e. The minimum atomic E-state index is -3.44. The Kier molecular flexibility index (Phi) is 4.52. The molecule has 1 aromatic heterocycles. The van der Waals surface area contributed by atoms with Gasteiger partial charge < -0.3 is 9.15 Å². The summed E-state index contributed by atoms with van der Waals surface area (Å²) in [6, 6.07) is 2.61. The second-order valence-corrected chi connectivity index (χ2v) is 7.35. The first-order valence-corrected chi connectivity index (χ1v) is 8.78. The molecule has 1 fully saturated rings. The van der Waals surface area contributed by atoms with E-state index in [4.69, 9.17) is 9.15 Å². The van der Waals surface area contributed by atoms with E-state index < -0.39 is 15.8 Å². The Morgan fingerprint density at radius 1 is 1.30 bits per heavy atom. The van der Waals surface area contributed by atoms with Gasteiger partial charge in [-0.3, -0.25) is 0 Å². The van der Waals surface area contributed by atoms with Crippen LogP contribution in [-0.4, -0.2) is 26.7 Å². The summed E-state index contributed by atoms with van der Waals surface area (Å²) in [6.07, 6.45) is 6.59. The van der Waals surface area contributed by atoms with Gasteiger partial charge in [0.15, 0.2) is 0 Å². The normalized spacial score (nSPS) is 18.7. The van der Waals surface area contributed by atoms with E-state index >= 15 is 0 Å². The van der Waals surface area contributed by atoms with Gasteiger partial charge in [-0.05, 0) is 37.8 Å². The zero-order valence-electron chi connectivity index (χ0n) is 11.8. The van der Waals surface area contributed by atoms with E-state index in [2.05, 4.69) is 0 Å². The highest BCUT2D eigenvalue weighted by Gasteiger charge is 2.25. The van der Waals surface area contributed by atoms with Crippen molar-refractivity contribution in [1.82, 2.24) is 0 Å². The molecule has 0 bridgehead atoms. The molecule has 0 unspecified atom stereocenters. The SMILES string of the molecule is C[C@H](OC(=O)c1ccc(S(C)(=O)=O)o1)C1CCCCC1. The smallest absolute Gasteiger partial charge is 0.374 e. The topological polar surface area (TPSA) is 73.6 Å². The van der Waals surface area contributed by atoms with Crippen molar-refractivity contribution in [3.63, 3.8) is 0 Å². The third kappa shape index (κ3) is 3.62. The molecule has 20 heavy (non-hydrogen) atoms. The number of sulfone groups is 1. The molecule has 0 aliphatic heterocycles. The Labute approximate surface area is 119 Å². The second-order valence-electron chi connectivity index (χ2n) is 5.40. The Bertz CT molecular complexity index is 566. The van der Waals surface area contributed by atoms with Gasteiger partial charge in [0.05, 0.1) is 0 Å². The lowest BCUT2D eigenvalue weighted by molar-refractivity contribution is 0.0104. The van der Waals surface area contributed by atoms with Gasteiger partial charge in [-0.25, -0.2) is 13.2 Å². The van der Waals surface area contributed by atoms with Crippen LogP contribution in [0, 0.1) is 5.92 Å². The van der Waals surface area contributed by atoms with E-state index in [0.29, 0.717) is 5.92 Å². The van der Waals surface area contributed by atoms with Crippen LogP contribution in [0.25, 0.3) is 0 Å². The van der Waals surface area contributed by atoms with E-state index in [1.54, 1.807) is 0 Å². The molecule has 1 aromatic rings. The Morgan fingerprint density at radius 2 is 1.95 bits per heavy atom.